The zero-order chi connectivity index (χ0) is 15.0. The Morgan fingerprint density at radius 1 is 0.714 bits per heavy atom. The minimum absolute atomic E-state index is 0.0336. The summed E-state index contributed by atoms with van der Waals surface area (Å²) in [5, 5.41) is 21.2. The van der Waals surface area contributed by atoms with E-state index in [1.54, 1.807) is 24.3 Å². The Kier molecular flexibility index (Phi) is 3.11. The predicted molar refractivity (Wildman–Crippen MR) is 72.8 cm³/mol. The number of hydrogen-bond acceptors (Lipinski definition) is 5. The first-order chi connectivity index (χ1) is 10.1. The van der Waals surface area contributed by atoms with Gasteiger partial charge in [0.15, 0.2) is 0 Å². The molecule has 1 saturated heterocycles. The monoisotopic (exact) mass is 286 g/mol. The molecule has 3 rings (SSSR count). The molecular formula is C14H10N2O5. The first-order valence-corrected chi connectivity index (χ1v) is 6.20. The van der Waals surface area contributed by atoms with Gasteiger partial charge >= 0.3 is 0 Å². The summed E-state index contributed by atoms with van der Waals surface area (Å²) in [6.45, 7) is 0. The van der Waals surface area contributed by atoms with Gasteiger partial charge in [0.25, 0.3) is 11.4 Å². The molecule has 1 heterocycles. The van der Waals surface area contributed by atoms with Crippen LogP contribution in [-0.4, -0.2) is 9.85 Å². The van der Waals surface area contributed by atoms with E-state index in [0.717, 1.165) is 11.1 Å². The highest BCUT2D eigenvalue weighted by atomic mass is 16.6. The molecule has 0 bridgehead atoms. The number of ether oxygens (including phenoxy) is 1. The van der Waals surface area contributed by atoms with Crippen LogP contribution in [0.5, 0.6) is 0 Å². The molecular weight excluding hydrogens is 276 g/mol. The lowest BCUT2D eigenvalue weighted by atomic mass is 10.0. The molecule has 21 heavy (non-hydrogen) atoms. The van der Waals surface area contributed by atoms with Gasteiger partial charge in [-0.1, -0.05) is 0 Å². The van der Waals surface area contributed by atoms with Crippen molar-refractivity contribution in [2.75, 3.05) is 0 Å². The molecule has 106 valence electrons. The molecule has 0 radical (unpaired) electrons. The summed E-state index contributed by atoms with van der Waals surface area (Å²) in [5.74, 6) is 0. The smallest absolute Gasteiger partial charge is 0.269 e. The molecule has 0 aliphatic carbocycles. The fourth-order valence-electron chi connectivity index (χ4n) is 2.19. The Labute approximate surface area is 119 Å². The minimum Gasteiger partial charge on any atom is -0.359 e. The van der Waals surface area contributed by atoms with Gasteiger partial charge in [0, 0.05) is 24.3 Å². The third kappa shape index (κ3) is 2.59. The third-order valence-corrected chi connectivity index (χ3v) is 3.36. The van der Waals surface area contributed by atoms with Gasteiger partial charge in [-0.05, 0) is 35.4 Å². The van der Waals surface area contributed by atoms with Crippen molar-refractivity contribution in [2.45, 2.75) is 12.2 Å². The Hall–Kier alpha value is -2.80. The summed E-state index contributed by atoms with van der Waals surface area (Å²) in [6.07, 6.45) is -0.320. The van der Waals surface area contributed by atoms with Gasteiger partial charge in [-0.3, -0.25) is 20.2 Å². The Bertz CT molecular complexity index is 635. The summed E-state index contributed by atoms with van der Waals surface area (Å²) in [4.78, 5) is 20.3. The van der Waals surface area contributed by atoms with Gasteiger partial charge in [0.05, 0.1) is 9.85 Å². The first kappa shape index (κ1) is 13.2. The van der Waals surface area contributed by atoms with Crippen LogP contribution in [0.1, 0.15) is 23.3 Å². The fourth-order valence-corrected chi connectivity index (χ4v) is 2.19. The zero-order valence-electron chi connectivity index (χ0n) is 10.7. The van der Waals surface area contributed by atoms with Crippen molar-refractivity contribution in [1.82, 2.24) is 0 Å². The number of nitro benzene ring substituents is 2. The number of epoxide rings is 1. The highest BCUT2D eigenvalue weighted by Gasteiger charge is 2.41. The number of rotatable bonds is 4. The van der Waals surface area contributed by atoms with Gasteiger partial charge in [-0.25, -0.2) is 0 Å². The van der Waals surface area contributed by atoms with Crippen LogP contribution in [0, 0.1) is 20.2 Å². The van der Waals surface area contributed by atoms with Gasteiger partial charge in [0.2, 0.25) is 0 Å². The number of non-ortho nitro benzene ring substituents is 2. The molecule has 0 saturated carbocycles. The van der Waals surface area contributed by atoms with E-state index in [1.165, 1.54) is 24.3 Å². The van der Waals surface area contributed by atoms with Crippen molar-refractivity contribution >= 4 is 11.4 Å². The molecule has 7 heteroatoms. The summed E-state index contributed by atoms with van der Waals surface area (Å²) in [6, 6.07) is 12.4. The van der Waals surface area contributed by atoms with Crippen molar-refractivity contribution in [3.05, 3.63) is 79.9 Å². The number of nitrogens with zero attached hydrogens (tertiary/aromatic N) is 2. The molecule has 2 aromatic rings. The topological polar surface area (TPSA) is 98.8 Å². The third-order valence-electron chi connectivity index (χ3n) is 3.36. The van der Waals surface area contributed by atoms with Crippen LogP contribution in [0.3, 0.4) is 0 Å². The van der Waals surface area contributed by atoms with E-state index < -0.39 is 9.85 Å². The van der Waals surface area contributed by atoms with E-state index in [0.29, 0.717) is 0 Å². The summed E-state index contributed by atoms with van der Waals surface area (Å²) >= 11 is 0. The maximum Gasteiger partial charge on any atom is 0.269 e. The normalized spacial score (nSPS) is 20.0. The molecule has 0 amide bonds. The number of nitro groups is 2. The average Bonchev–Trinajstić information content (AvgIpc) is 3.28. The van der Waals surface area contributed by atoms with Crippen molar-refractivity contribution in [1.29, 1.82) is 0 Å². The van der Waals surface area contributed by atoms with Gasteiger partial charge in [-0.2, -0.15) is 0 Å². The molecule has 1 fully saturated rings. The minimum atomic E-state index is -0.453. The van der Waals surface area contributed by atoms with Crippen LogP contribution in [0.2, 0.25) is 0 Å². The second-order valence-corrected chi connectivity index (χ2v) is 4.67. The van der Waals surface area contributed by atoms with Gasteiger partial charge in [0.1, 0.15) is 12.2 Å². The maximum absolute atomic E-state index is 10.6. The van der Waals surface area contributed by atoms with E-state index in [2.05, 4.69) is 0 Å². The quantitative estimate of drug-likeness (QED) is 0.487. The van der Waals surface area contributed by atoms with Gasteiger partial charge < -0.3 is 4.74 Å². The standard InChI is InChI=1S/C14H10N2O5/c17-15(18)11-5-1-9(2-6-11)13-14(21-13)10-3-7-12(8-4-10)16(19)20/h1-8,13-14H. The maximum atomic E-state index is 10.6. The number of hydrogen-bond donors (Lipinski definition) is 0. The van der Waals surface area contributed by atoms with Crippen LogP contribution < -0.4 is 0 Å². The van der Waals surface area contributed by atoms with Crippen molar-refractivity contribution in [2.24, 2.45) is 0 Å². The molecule has 1 aliphatic rings. The van der Waals surface area contributed by atoms with E-state index in [1.807, 2.05) is 0 Å². The van der Waals surface area contributed by atoms with Crippen molar-refractivity contribution < 1.29 is 14.6 Å². The average molecular weight is 286 g/mol. The van der Waals surface area contributed by atoms with Crippen LogP contribution in [-0.2, 0) is 4.74 Å². The van der Waals surface area contributed by atoms with Crippen LogP contribution >= 0.6 is 0 Å². The van der Waals surface area contributed by atoms with E-state index in [-0.39, 0.29) is 23.6 Å². The lowest BCUT2D eigenvalue weighted by Crippen LogP contribution is -1.90. The molecule has 2 aromatic carbocycles. The Balaban J connectivity index is 1.73. The molecule has 7 nitrogen and oxygen atoms in total. The summed E-state index contributed by atoms with van der Waals surface area (Å²) in [5.41, 5.74) is 1.77. The van der Waals surface area contributed by atoms with E-state index in [9.17, 15) is 20.2 Å². The summed E-state index contributed by atoms with van der Waals surface area (Å²) < 4.78 is 5.55. The van der Waals surface area contributed by atoms with E-state index >= 15 is 0 Å². The second-order valence-electron chi connectivity index (χ2n) is 4.67. The predicted octanol–water partition coefficient (Wildman–Crippen LogP) is 3.32. The lowest BCUT2D eigenvalue weighted by Gasteiger charge is -1.97. The summed E-state index contributed by atoms with van der Waals surface area (Å²) in [7, 11) is 0. The molecule has 0 aromatic heterocycles. The fraction of sp³-hybridized carbons (Fsp3) is 0.143. The molecule has 0 spiro atoms. The second kappa shape index (κ2) is 4.95. The van der Waals surface area contributed by atoms with Gasteiger partial charge in [-0.15, -0.1) is 0 Å². The molecule has 2 atom stereocenters. The zero-order valence-corrected chi connectivity index (χ0v) is 10.7. The molecule has 1 aliphatic heterocycles. The van der Waals surface area contributed by atoms with Crippen molar-refractivity contribution in [3.63, 3.8) is 0 Å². The highest BCUT2D eigenvalue weighted by molar-refractivity contribution is 5.39. The Morgan fingerprint density at radius 3 is 1.33 bits per heavy atom. The SMILES string of the molecule is O=[N+]([O-])c1ccc(C2OC2c2ccc([N+](=O)[O-])cc2)cc1. The van der Waals surface area contributed by atoms with Crippen LogP contribution in [0.25, 0.3) is 0 Å². The van der Waals surface area contributed by atoms with Crippen molar-refractivity contribution in [3.8, 4) is 0 Å². The van der Waals surface area contributed by atoms with Crippen LogP contribution in [0.15, 0.2) is 48.5 Å². The van der Waals surface area contributed by atoms with Crippen LogP contribution in [0.4, 0.5) is 11.4 Å². The van der Waals surface area contributed by atoms with E-state index in [4.69, 9.17) is 4.74 Å². The largest absolute Gasteiger partial charge is 0.359 e. The molecule has 2 unspecified atom stereocenters. The first-order valence-electron chi connectivity index (χ1n) is 6.20. The Morgan fingerprint density at radius 2 is 1.05 bits per heavy atom. The molecule has 0 N–H and O–H groups in total. The highest BCUT2D eigenvalue weighted by Crippen LogP contribution is 2.51. The lowest BCUT2D eigenvalue weighted by molar-refractivity contribution is -0.385. The number of benzene rings is 2.